The molecule has 1 aromatic carbocycles. The Morgan fingerprint density at radius 3 is 2.67 bits per heavy atom. The summed E-state index contributed by atoms with van der Waals surface area (Å²) in [6.07, 6.45) is -4.58. The van der Waals surface area contributed by atoms with Gasteiger partial charge in [0.25, 0.3) is 0 Å². The number of likely N-dealkylation sites (tertiary alicyclic amines) is 1. The Morgan fingerprint density at radius 2 is 2.00 bits per heavy atom. The van der Waals surface area contributed by atoms with E-state index in [1.165, 1.54) is 0 Å². The van der Waals surface area contributed by atoms with Crippen LogP contribution < -0.4 is 10.6 Å². The number of carbonyl (C=O) groups is 2. The SMILES string of the molecule is O=C(NCC#Cc1ccccc1)NC1CC(=O)N(CC(F)(F)F)C1. The number of amides is 3. The number of carbonyl (C=O) groups excluding carboxylic acids is 2. The molecule has 2 N–H and O–H groups in total. The second-order valence-electron chi connectivity index (χ2n) is 5.29. The minimum atomic E-state index is -4.44. The van der Waals surface area contributed by atoms with Crippen molar-refractivity contribution in [1.82, 2.24) is 15.5 Å². The van der Waals surface area contributed by atoms with Crippen molar-refractivity contribution < 1.29 is 22.8 Å². The molecule has 2 rings (SSSR count). The molecule has 3 amide bonds. The van der Waals surface area contributed by atoms with E-state index in [1.807, 2.05) is 30.3 Å². The zero-order chi connectivity index (χ0) is 17.6. The van der Waals surface area contributed by atoms with Gasteiger partial charge in [-0.05, 0) is 12.1 Å². The van der Waals surface area contributed by atoms with Gasteiger partial charge in [-0.2, -0.15) is 13.2 Å². The third-order valence-corrected chi connectivity index (χ3v) is 3.26. The Kier molecular flexibility index (Phi) is 5.68. The van der Waals surface area contributed by atoms with Gasteiger partial charge in [-0.3, -0.25) is 4.79 Å². The van der Waals surface area contributed by atoms with Crippen molar-refractivity contribution in [2.45, 2.75) is 18.6 Å². The standard InChI is InChI=1S/C16H16F3N3O2/c17-16(18,19)11-22-10-13(9-14(22)23)21-15(24)20-8-4-7-12-5-2-1-3-6-12/h1-3,5-6,13H,8-11H2,(H2,20,21,24). The first kappa shape index (κ1) is 17.7. The van der Waals surface area contributed by atoms with Crippen molar-refractivity contribution in [2.24, 2.45) is 0 Å². The van der Waals surface area contributed by atoms with Crippen LogP contribution in [0.5, 0.6) is 0 Å². The normalized spacial score (nSPS) is 17.2. The maximum Gasteiger partial charge on any atom is 0.406 e. The van der Waals surface area contributed by atoms with Crippen LogP contribution in [0.15, 0.2) is 30.3 Å². The van der Waals surface area contributed by atoms with Gasteiger partial charge < -0.3 is 15.5 Å². The van der Waals surface area contributed by atoms with Gasteiger partial charge in [0.05, 0.1) is 12.6 Å². The van der Waals surface area contributed by atoms with Gasteiger partial charge in [0.1, 0.15) is 6.54 Å². The number of benzene rings is 1. The number of nitrogens with one attached hydrogen (secondary N) is 2. The highest BCUT2D eigenvalue weighted by Gasteiger charge is 2.38. The molecule has 0 aliphatic carbocycles. The van der Waals surface area contributed by atoms with Gasteiger partial charge in [0.2, 0.25) is 5.91 Å². The summed E-state index contributed by atoms with van der Waals surface area (Å²) < 4.78 is 36.9. The lowest BCUT2D eigenvalue weighted by atomic mass is 10.2. The second kappa shape index (κ2) is 7.73. The first-order valence-electron chi connectivity index (χ1n) is 7.26. The molecule has 1 aliphatic rings. The number of alkyl halides is 3. The van der Waals surface area contributed by atoms with Crippen LogP contribution in [0.2, 0.25) is 0 Å². The van der Waals surface area contributed by atoms with Gasteiger partial charge in [-0.25, -0.2) is 4.79 Å². The van der Waals surface area contributed by atoms with Gasteiger partial charge in [-0.1, -0.05) is 30.0 Å². The second-order valence-corrected chi connectivity index (χ2v) is 5.29. The van der Waals surface area contributed by atoms with E-state index in [9.17, 15) is 22.8 Å². The number of rotatable bonds is 3. The first-order chi connectivity index (χ1) is 11.3. The molecular formula is C16H16F3N3O2. The lowest BCUT2D eigenvalue weighted by molar-refractivity contribution is -0.157. The van der Waals surface area contributed by atoms with E-state index < -0.39 is 30.7 Å². The van der Waals surface area contributed by atoms with Crippen LogP contribution in [-0.4, -0.2) is 48.7 Å². The summed E-state index contributed by atoms with van der Waals surface area (Å²) in [5.74, 6) is 4.99. The summed E-state index contributed by atoms with van der Waals surface area (Å²) in [6.45, 7) is -1.36. The third-order valence-electron chi connectivity index (χ3n) is 3.26. The topological polar surface area (TPSA) is 61.4 Å². The van der Waals surface area contributed by atoms with E-state index in [0.29, 0.717) is 4.90 Å². The van der Waals surface area contributed by atoms with Gasteiger partial charge in [0, 0.05) is 18.5 Å². The zero-order valence-electron chi connectivity index (χ0n) is 12.7. The van der Waals surface area contributed by atoms with Crippen LogP contribution in [-0.2, 0) is 4.79 Å². The number of hydrogen-bond donors (Lipinski definition) is 2. The molecule has 24 heavy (non-hydrogen) atoms. The molecule has 0 aromatic heterocycles. The van der Waals surface area contributed by atoms with Crippen molar-refractivity contribution in [3.63, 3.8) is 0 Å². The lowest BCUT2D eigenvalue weighted by Gasteiger charge is -2.18. The predicted octanol–water partition coefficient (Wildman–Crippen LogP) is 1.50. The molecule has 0 saturated carbocycles. The first-order valence-corrected chi connectivity index (χ1v) is 7.26. The molecule has 5 nitrogen and oxygen atoms in total. The van der Waals surface area contributed by atoms with Crippen molar-refractivity contribution in [3.05, 3.63) is 35.9 Å². The van der Waals surface area contributed by atoms with Crippen molar-refractivity contribution in [3.8, 4) is 11.8 Å². The Bertz CT molecular complexity index is 650. The van der Waals surface area contributed by atoms with Crippen molar-refractivity contribution in [1.29, 1.82) is 0 Å². The van der Waals surface area contributed by atoms with E-state index in [4.69, 9.17) is 0 Å². The average Bonchev–Trinajstić information content (AvgIpc) is 2.82. The highest BCUT2D eigenvalue weighted by atomic mass is 19.4. The third kappa shape index (κ3) is 5.83. The maximum absolute atomic E-state index is 12.3. The number of nitrogens with zero attached hydrogens (tertiary/aromatic N) is 1. The zero-order valence-corrected chi connectivity index (χ0v) is 12.7. The molecule has 1 fully saturated rings. The highest BCUT2D eigenvalue weighted by molar-refractivity contribution is 5.81. The van der Waals surface area contributed by atoms with Crippen LogP contribution in [0.3, 0.4) is 0 Å². The summed E-state index contributed by atoms with van der Waals surface area (Å²) >= 11 is 0. The molecule has 1 saturated heterocycles. The van der Waals surface area contributed by atoms with Gasteiger partial charge >= 0.3 is 12.2 Å². The maximum atomic E-state index is 12.3. The van der Waals surface area contributed by atoms with Crippen LogP contribution in [0.4, 0.5) is 18.0 Å². The highest BCUT2D eigenvalue weighted by Crippen LogP contribution is 2.20. The summed E-state index contributed by atoms with van der Waals surface area (Å²) in [4.78, 5) is 23.9. The molecule has 8 heteroatoms. The van der Waals surface area contributed by atoms with Crippen LogP contribution >= 0.6 is 0 Å². The fourth-order valence-corrected chi connectivity index (χ4v) is 2.27. The Hall–Kier alpha value is -2.69. The Labute approximate surface area is 137 Å². The number of halogens is 3. The molecule has 128 valence electrons. The molecule has 1 aromatic rings. The van der Waals surface area contributed by atoms with E-state index in [0.717, 1.165) is 5.56 Å². The van der Waals surface area contributed by atoms with Crippen molar-refractivity contribution >= 4 is 11.9 Å². The molecule has 1 unspecified atom stereocenters. The van der Waals surface area contributed by atoms with E-state index >= 15 is 0 Å². The number of hydrogen-bond acceptors (Lipinski definition) is 2. The van der Waals surface area contributed by atoms with Gasteiger partial charge in [-0.15, -0.1) is 0 Å². The molecular weight excluding hydrogens is 323 g/mol. The molecule has 0 spiro atoms. The molecule has 0 bridgehead atoms. The molecule has 0 radical (unpaired) electrons. The van der Waals surface area contributed by atoms with Crippen LogP contribution in [0.25, 0.3) is 0 Å². The van der Waals surface area contributed by atoms with Crippen molar-refractivity contribution in [2.75, 3.05) is 19.6 Å². The monoisotopic (exact) mass is 339 g/mol. The summed E-state index contributed by atoms with van der Waals surface area (Å²) in [7, 11) is 0. The summed E-state index contributed by atoms with van der Waals surface area (Å²) in [6, 6.07) is 7.99. The lowest BCUT2D eigenvalue weighted by Crippen LogP contribution is -2.44. The average molecular weight is 339 g/mol. The van der Waals surface area contributed by atoms with Crippen LogP contribution in [0, 0.1) is 11.8 Å². The van der Waals surface area contributed by atoms with Crippen LogP contribution in [0.1, 0.15) is 12.0 Å². The predicted molar refractivity (Wildman–Crippen MR) is 80.9 cm³/mol. The van der Waals surface area contributed by atoms with E-state index in [2.05, 4.69) is 22.5 Å². The number of urea groups is 1. The van der Waals surface area contributed by atoms with E-state index in [1.54, 1.807) is 0 Å². The quantitative estimate of drug-likeness (QED) is 0.820. The largest absolute Gasteiger partial charge is 0.406 e. The smallest absolute Gasteiger partial charge is 0.333 e. The minimum absolute atomic E-state index is 0.0909. The fourth-order valence-electron chi connectivity index (χ4n) is 2.27. The molecule has 1 heterocycles. The Balaban J connectivity index is 1.73. The summed E-state index contributed by atoms with van der Waals surface area (Å²) in [5.41, 5.74) is 0.809. The molecule has 1 atom stereocenters. The Morgan fingerprint density at radius 1 is 1.29 bits per heavy atom. The minimum Gasteiger partial charge on any atom is -0.333 e. The van der Waals surface area contributed by atoms with E-state index in [-0.39, 0.29) is 19.5 Å². The fraction of sp³-hybridized carbons (Fsp3) is 0.375. The van der Waals surface area contributed by atoms with Gasteiger partial charge in [0.15, 0.2) is 0 Å². The molecule has 1 aliphatic heterocycles. The summed E-state index contributed by atoms with van der Waals surface area (Å²) in [5, 5.41) is 4.96.